The summed E-state index contributed by atoms with van der Waals surface area (Å²) in [6.07, 6.45) is 0.631. The van der Waals surface area contributed by atoms with Crippen molar-refractivity contribution in [1.29, 1.82) is 0 Å². The lowest BCUT2D eigenvalue weighted by molar-refractivity contribution is -0.135. The second kappa shape index (κ2) is 8.34. The highest BCUT2D eigenvalue weighted by Crippen LogP contribution is 2.22. The topological polar surface area (TPSA) is 61.9 Å². The first-order valence-electron chi connectivity index (χ1n) is 8.85. The number of carbonyl (C=O) groups excluding carboxylic acids is 2. The van der Waals surface area contributed by atoms with Gasteiger partial charge in [0, 0.05) is 25.7 Å². The standard InChI is InChI=1S/C19H29N3O3/c1-6-22(7-2)19(24)16-11-14(12-21(16)4)20-18(23)15-9-8-13(3)10-17(15)25-5/h8-10,14,16H,6-7,11-12H2,1-5H3,(H,20,23)/t14-,16-/m0/s1. The van der Waals surface area contributed by atoms with Crippen LogP contribution in [0.4, 0.5) is 0 Å². The first kappa shape index (κ1) is 19.2. The SMILES string of the molecule is CCN(CC)C(=O)[C@@H]1C[C@H](NC(=O)c2ccc(C)cc2OC)CN1C. The number of rotatable bonds is 6. The molecule has 1 N–H and O–H groups in total. The highest BCUT2D eigenvalue weighted by Gasteiger charge is 2.37. The number of nitrogens with one attached hydrogen (secondary N) is 1. The molecule has 25 heavy (non-hydrogen) atoms. The molecule has 2 atom stereocenters. The minimum atomic E-state index is -0.176. The highest BCUT2D eigenvalue weighted by molar-refractivity contribution is 5.97. The Morgan fingerprint density at radius 3 is 2.60 bits per heavy atom. The van der Waals surface area contributed by atoms with Gasteiger partial charge < -0.3 is 15.0 Å². The Labute approximate surface area is 150 Å². The third-order valence-electron chi connectivity index (χ3n) is 4.85. The lowest BCUT2D eigenvalue weighted by Gasteiger charge is -2.26. The van der Waals surface area contributed by atoms with Gasteiger partial charge in [-0.2, -0.15) is 0 Å². The van der Waals surface area contributed by atoms with Crippen molar-refractivity contribution in [3.8, 4) is 5.75 Å². The van der Waals surface area contributed by atoms with E-state index in [4.69, 9.17) is 4.74 Å². The summed E-state index contributed by atoms with van der Waals surface area (Å²) < 4.78 is 5.32. The molecule has 0 bridgehead atoms. The lowest BCUT2D eigenvalue weighted by Crippen LogP contribution is -2.44. The summed E-state index contributed by atoms with van der Waals surface area (Å²) in [6.45, 7) is 8.00. The van der Waals surface area contributed by atoms with Crippen molar-refractivity contribution in [2.24, 2.45) is 0 Å². The van der Waals surface area contributed by atoms with Crippen molar-refractivity contribution in [1.82, 2.24) is 15.1 Å². The molecule has 6 heteroatoms. The molecular formula is C19H29N3O3. The Bertz CT molecular complexity index is 628. The minimum Gasteiger partial charge on any atom is -0.496 e. The fourth-order valence-electron chi connectivity index (χ4n) is 3.39. The molecule has 1 aromatic carbocycles. The molecular weight excluding hydrogens is 318 g/mol. The molecule has 0 spiro atoms. The van der Waals surface area contributed by atoms with Gasteiger partial charge in [-0.05, 0) is 51.9 Å². The van der Waals surface area contributed by atoms with Crippen LogP contribution in [0, 0.1) is 6.92 Å². The molecule has 0 saturated carbocycles. The van der Waals surface area contributed by atoms with Crippen LogP contribution in [0.3, 0.4) is 0 Å². The Morgan fingerprint density at radius 1 is 1.32 bits per heavy atom. The Morgan fingerprint density at radius 2 is 2.00 bits per heavy atom. The highest BCUT2D eigenvalue weighted by atomic mass is 16.5. The maximum Gasteiger partial charge on any atom is 0.255 e. The number of ether oxygens (including phenoxy) is 1. The zero-order valence-electron chi connectivity index (χ0n) is 15.8. The summed E-state index contributed by atoms with van der Waals surface area (Å²) in [5.41, 5.74) is 1.56. The van der Waals surface area contributed by atoms with Crippen molar-refractivity contribution in [3.05, 3.63) is 29.3 Å². The van der Waals surface area contributed by atoms with Gasteiger partial charge in [-0.15, -0.1) is 0 Å². The number of nitrogens with zero attached hydrogens (tertiary/aromatic N) is 2. The van der Waals surface area contributed by atoms with Gasteiger partial charge in [0.25, 0.3) is 5.91 Å². The minimum absolute atomic E-state index is 0.0481. The van der Waals surface area contributed by atoms with E-state index >= 15 is 0 Å². The molecule has 0 aromatic heterocycles. The van der Waals surface area contributed by atoms with Crippen molar-refractivity contribution < 1.29 is 14.3 Å². The van der Waals surface area contributed by atoms with Crippen LogP contribution in [0.2, 0.25) is 0 Å². The van der Waals surface area contributed by atoms with Gasteiger partial charge in [-0.3, -0.25) is 14.5 Å². The molecule has 138 valence electrons. The molecule has 0 radical (unpaired) electrons. The molecule has 1 saturated heterocycles. The quantitative estimate of drug-likeness (QED) is 0.850. The molecule has 0 unspecified atom stereocenters. The normalized spacial score (nSPS) is 20.4. The van der Waals surface area contributed by atoms with E-state index in [2.05, 4.69) is 5.32 Å². The summed E-state index contributed by atoms with van der Waals surface area (Å²) in [5, 5.41) is 3.05. The Balaban J connectivity index is 2.05. The van der Waals surface area contributed by atoms with E-state index in [-0.39, 0.29) is 23.9 Å². The van der Waals surface area contributed by atoms with Crippen LogP contribution >= 0.6 is 0 Å². The van der Waals surface area contributed by atoms with Crippen molar-refractivity contribution >= 4 is 11.8 Å². The number of methoxy groups -OCH3 is 1. The smallest absolute Gasteiger partial charge is 0.255 e. The zero-order valence-corrected chi connectivity index (χ0v) is 15.8. The van der Waals surface area contributed by atoms with E-state index in [0.717, 1.165) is 5.56 Å². The van der Waals surface area contributed by atoms with Gasteiger partial charge in [0.1, 0.15) is 5.75 Å². The number of aryl methyl sites for hydroxylation is 1. The number of likely N-dealkylation sites (tertiary alicyclic amines) is 1. The van der Waals surface area contributed by atoms with E-state index in [9.17, 15) is 9.59 Å². The summed E-state index contributed by atoms with van der Waals surface area (Å²) in [6, 6.07) is 5.30. The number of hydrogen-bond donors (Lipinski definition) is 1. The molecule has 1 aliphatic heterocycles. The molecule has 2 rings (SSSR count). The Hall–Kier alpha value is -2.08. The van der Waals surface area contributed by atoms with Gasteiger partial charge >= 0.3 is 0 Å². The maximum atomic E-state index is 12.6. The van der Waals surface area contributed by atoms with Crippen LogP contribution in [-0.4, -0.2) is 67.5 Å². The largest absolute Gasteiger partial charge is 0.496 e. The number of amides is 2. The first-order valence-corrected chi connectivity index (χ1v) is 8.85. The molecule has 1 aliphatic rings. The van der Waals surface area contributed by atoms with Crippen molar-refractivity contribution in [3.63, 3.8) is 0 Å². The van der Waals surface area contributed by atoms with Crippen molar-refractivity contribution in [2.45, 2.75) is 39.3 Å². The predicted molar refractivity (Wildman–Crippen MR) is 97.9 cm³/mol. The van der Waals surface area contributed by atoms with Crippen LogP contribution < -0.4 is 10.1 Å². The zero-order chi connectivity index (χ0) is 18.6. The first-order chi connectivity index (χ1) is 11.9. The summed E-state index contributed by atoms with van der Waals surface area (Å²) >= 11 is 0. The number of benzene rings is 1. The molecule has 1 aromatic rings. The van der Waals surface area contributed by atoms with Crippen LogP contribution in [0.1, 0.15) is 36.2 Å². The maximum absolute atomic E-state index is 12.6. The third-order valence-corrected chi connectivity index (χ3v) is 4.85. The van der Waals surface area contributed by atoms with Gasteiger partial charge in [0.2, 0.25) is 5.91 Å². The van der Waals surface area contributed by atoms with Crippen molar-refractivity contribution in [2.75, 3.05) is 33.8 Å². The number of hydrogen-bond acceptors (Lipinski definition) is 4. The summed E-state index contributed by atoms with van der Waals surface area (Å²) in [7, 11) is 3.50. The van der Waals surface area contributed by atoms with Crippen LogP contribution in [0.15, 0.2) is 18.2 Å². The van der Waals surface area contributed by atoms with E-state index in [0.29, 0.717) is 37.4 Å². The van der Waals surface area contributed by atoms with E-state index < -0.39 is 0 Å². The summed E-state index contributed by atoms with van der Waals surface area (Å²) in [4.78, 5) is 29.1. The fourth-order valence-corrected chi connectivity index (χ4v) is 3.39. The van der Waals surface area contributed by atoms with Crippen LogP contribution in [0.5, 0.6) is 5.75 Å². The van der Waals surface area contributed by atoms with E-state index in [1.807, 2.05) is 49.8 Å². The lowest BCUT2D eigenvalue weighted by atomic mass is 10.1. The average molecular weight is 347 g/mol. The Kier molecular flexibility index (Phi) is 6.42. The van der Waals surface area contributed by atoms with Gasteiger partial charge in [0.05, 0.1) is 18.7 Å². The second-order valence-electron chi connectivity index (χ2n) is 6.58. The van der Waals surface area contributed by atoms with E-state index in [1.54, 1.807) is 13.2 Å². The van der Waals surface area contributed by atoms with E-state index in [1.165, 1.54) is 0 Å². The number of likely N-dealkylation sites (N-methyl/N-ethyl adjacent to an activating group) is 2. The van der Waals surface area contributed by atoms with Crippen LogP contribution in [-0.2, 0) is 4.79 Å². The monoisotopic (exact) mass is 347 g/mol. The molecule has 2 amide bonds. The predicted octanol–water partition coefficient (Wildman–Crippen LogP) is 1.67. The fraction of sp³-hybridized carbons (Fsp3) is 0.579. The second-order valence-corrected chi connectivity index (χ2v) is 6.58. The van der Waals surface area contributed by atoms with Crippen LogP contribution in [0.25, 0.3) is 0 Å². The average Bonchev–Trinajstić information content (AvgIpc) is 2.95. The molecule has 1 heterocycles. The third kappa shape index (κ3) is 4.31. The van der Waals surface area contributed by atoms with Gasteiger partial charge in [-0.1, -0.05) is 6.07 Å². The van der Waals surface area contributed by atoms with Gasteiger partial charge in [0.15, 0.2) is 0 Å². The molecule has 0 aliphatic carbocycles. The molecule has 1 fully saturated rings. The van der Waals surface area contributed by atoms with Gasteiger partial charge in [-0.25, -0.2) is 0 Å². The number of carbonyl (C=O) groups is 2. The molecule has 6 nitrogen and oxygen atoms in total. The summed E-state index contributed by atoms with van der Waals surface area (Å²) in [5.74, 6) is 0.544.